The van der Waals surface area contributed by atoms with E-state index in [0.29, 0.717) is 19.0 Å². The molecule has 0 atom stereocenters. The zero-order chi connectivity index (χ0) is 11.9. The van der Waals surface area contributed by atoms with Gasteiger partial charge < -0.3 is 10.6 Å². The summed E-state index contributed by atoms with van der Waals surface area (Å²) in [4.78, 5) is 11.4. The van der Waals surface area contributed by atoms with Crippen molar-refractivity contribution in [2.45, 2.75) is 38.3 Å². The van der Waals surface area contributed by atoms with Crippen LogP contribution >= 0.6 is 0 Å². The molecule has 0 aromatic carbocycles. The summed E-state index contributed by atoms with van der Waals surface area (Å²) in [5, 5.41) is 13.8. The minimum atomic E-state index is 0.122. The van der Waals surface area contributed by atoms with Crippen molar-refractivity contribution in [3.05, 3.63) is 12.4 Å². The van der Waals surface area contributed by atoms with Crippen molar-refractivity contribution in [1.82, 2.24) is 25.6 Å². The molecule has 0 aliphatic heterocycles. The van der Waals surface area contributed by atoms with Gasteiger partial charge in [-0.2, -0.15) is 0 Å². The fourth-order valence-corrected chi connectivity index (χ4v) is 1.59. The van der Waals surface area contributed by atoms with Gasteiger partial charge in [-0.15, -0.1) is 5.10 Å². The molecule has 1 aromatic rings. The lowest BCUT2D eigenvalue weighted by molar-refractivity contribution is -0.121. The molecule has 1 aliphatic carbocycles. The lowest BCUT2D eigenvalue weighted by Crippen LogP contribution is -2.29. The Morgan fingerprint density at radius 3 is 3.00 bits per heavy atom. The van der Waals surface area contributed by atoms with Crippen LogP contribution in [0, 0.1) is 0 Å². The van der Waals surface area contributed by atoms with E-state index >= 15 is 0 Å². The Hall–Kier alpha value is -1.43. The van der Waals surface area contributed by atoms with Crippen LogP contribution in [0.25, 0.3) is 0 Å². The minimum absolute atomic E-state index is 0.122. The average Bonchev–Trinajstić information content (AvgIpc) is 3.00. The second-order valence-corrected chi connectivity index (χ2v) is 4.35. The molecule has 94 valence electrons. The van der Waals surface area contributed by atoms with Crippen molar-refractivity contribution in [3.8, 4) is 0 Å². The van der Waals surface area contributed by atoms with Gasteiger partial charge in [-0.25, -0.2) is 0 Å². The Morgan fingerprint density at radius 1 is 1.41 bits per heavy atom. The molecule has 1 saturated carbocycles. The third-order valence-electron chi connectivity index (χ3n) is 2.72. The number of hydrogen-bond acceptors (Lipinski definition) is 4. The maximum atomic E-state index is 11.4. The molecule has 1 heterocycles. The second-order valence-electron chi connectivity index (χ2n) is 4.35. The highest BCUT2D eigenvalue weighted by atomic mass is 16.1. The monoisotopic (exact) mass is 237 g/mol. The lowest BCUT2D eigenvalue weighted by atomic mass is 10.3. The number of carbonyl (C=O) groups is 1. The van der Waals surface area contributed by atoms with E-state index in [1.54, 1.807) is 10.9 Å². The van der Waals surface area contributed by atoms with Crippen molar-refractivity contribution in [2.24, 2.45) is 0 Å². The molecule has 1 fully saturated rings. The first-order chi connectivity index (χ1) is 8.34. The standard InChI is InChI=1S/C11H19N5O/c17-11(4-6-12-10-2-3-10)13-5-1-8-16-9-7-14-15-16/h7,9-10,12H,1-6,8H2,(H,13,17). The van der Waals surface area contributed by atoms with Gasteiger partial charge in [0, 0.05) is 38.3 Å². The number of hydrogen-bond donors (Lipinski definition) is 2. The minimum Gasteiger partial charge on any atom is -0.356 e. The van der Waals surface area contributed by atoms with Crippen molar-refractivity contribution < 1.29 is 4.79 Å². The third kappa shape index (κ3) is 4.95. The van der Waals surface area contributed by atoms with E-state index in [9.17, 15) is 4.79 Å². The zero-order valence-corrected chi connectivity index (χ0v) is 9.93. The summed E-state index contributed by atoms with van der Waals surface area (Å²) >= 11 is 0. The zero-order valence-electron chi connectivity index (χ0n) is 9.93. The highest BCUT2D eigenvalue weighted by Crippen LogP contribution is 2.18. The van der Waals surface area contributed by atoms with Crippen LogP contribution in [-0.4, -0.2) is 40.0 Å². The Balaban J connectivity index is 1.45. The third-order valence-corrected chi connectivity index (χ3v) is 2.72. The first-order valence-corrected chi connectivity index (χ1v) is 6.19. The van der Waals surface area contributed by atoms with Gasteiger partial charge >= 0.3 is 0 Å². The van der Waals surface area contributed by atoms with Gasteiger partial charge in [-0.3, -0.25) is 9.48 Å². The Bertz CT molecular complexity index is 334. The summed E-state index contributed by atoms with van der Waals surface area (Å²) in [6.45, 7) is 2.28. The molecule has 1 amide bonds. The van der Waals surface area contributed by atoms with Crippen LogP contribution in [0.5, 0.6) is 0 Å². The first kappa shape index (κ1) is 12.0. The van der Waals surface area contributed by atoms with E-state index in [1.165, 1.54) is 12.8 Å². The molecule has 0 saturated heterocycles. The van der Waals surface area contributed by atoms with Crippen molar-refractivity contribution in [3.63, 3.8) is 0 Å². The topological polar surface area (TPSA) is 71.8 Å². The average molecular weight is 237 g/mol. The molecule has 2 rings (SSSR count). The summed E-state index contributed by atoms with van der Waals surface area (Å²) in [6.07, 6.45) is 7.45. The molecule has 2 N–H and O–H groups in total. The smallest absolute Gasteiger partial charge is 0.221 e. The van der Waals surface area contributed by atoms with E-state index in [-0.39, 0.29) is 5.91 Å². The lowest BCUT2D eigenvalue weighted by Gasteiger charge is -2.05. The van der Waals surface area contributed by atoms with Gasteiger partial charge in [0.1, 0.15) is 0 Å². The second kappa shape index (κ2) is 6.34. The Kier molecular flexibility index (Phi) is 4.49. The van der Waals surface area contributed by atoms with Crippen LogP contribution < -0.4 is 10.6 Å². The fourth-order valence-electron chi connectivity index (χ4n) is 1.59. The van der Waals surface area contributed by atoms with Crippen molar-refractivity contribution in [1.29, 1.82) is 0 Å². The van der Waals surface area contributed by atoms with Crippen LogP contribution in [0.4, 0.5) is 0 Å². The predicted molar refractivity (Wildman–Crippen MR) is 63.3 cm³/mol. The summed E-state index contributed by atoms with van der Waals surface area (Å²) in [7, 11) is 0. The van der Waals surface area contributed by atoms with E-state index < -0.39 is 0 Å². The predicted octanol–water partition coefficient (Wildman–Crippen LogP) is -0.0735. The Morgan fingerprint density at radius 2 is 2.29 bits per heavy atom. The maximum Gasteiger partial charge on any atom is 0.221 e. The van der Waals surface area contributed by atoms with Crippen molar-refractivity contribution >= 4 is 5.91 Å². The molecule has 0 radical (unpaired) electrons. The summed E-state index contributed by atoms with van der Waals surface area (Å²) in [6, 6.07) is 0.676. The molecule has 0 unspecified atom stereocenters. The number of nitrogens with one attached hydrogen (secondary N) is 2. The number of nitrogens with zero attached hydrogens (tertiary/aromatic N) is 3. The number of rotatable bonds is 8. The molecule has 1 aromatic heterocycles. The van der Waals surface area contributed by atoms with Crippen molar-refractivity contribution in [2.75, 3.05) is 13.1 Å². The molecule has 0 spiro atoms. The van der Waals surface area contributed by atoms with Gasteiger partial charge in [0.25, 0.3) is 0 Å². The largest absolute Gasteiger partial charge is 0.356 e. The fraction of sp³-hybridized carbons (Fsp3) is 0.727. The van der Waals surface area contributed by atoms with E-state index in [0.717, 1.165) is 19.5 Å². The van der Waals surface area contributed by atoms with Crippen LogP contribution in [0.3, 0.4) is 0 Å². The number of aryl methyl sites for hydroxylation is 1. The summed E-state index contributed by atoms with van der Waals surface area (Å²) in [5.41, 5.74) is 0. The molecular formula is C11H19N5O. The number of carbonyl (C=O) groups excluding carboxylic acids is 1. The highest BCUT2D eigenvalue weighted by molar-refractivity contribution is 5.75. The van der Waals surface area contributed by atoms with Gasteiger partial charge in [-0.1, -0.05) is 5.21 Å². The summed E-state index contributed by atoms with van der Waals surface area (Å²) < 4.78 is 1.76. The normalized spacial score (nSPS) is 14.8. The first-order valence-electron chi connectivity index (χ1n) is 6.19. The number of amides is 1. The van der Waals surface area contributed by atoms with Gasteiger partial charge in [0.05, 0.1) is 6.20 Å². The van der Waals surface area contributed by atoms with Gasteiger partial charge in [0.15, 0.2) is 0 Å². The Labute approximate surface area is 101 Å². The SMILES string of the molecule is O=C(CCNC1CC1)NCCCn1ccnn1. The molecule has 1 aliphatic rings. The van der Waals surface area contributed by atoms with Crippen LogP contribution in [0.1, 0.15) is 25.7 Å². The molecule has 0 bridgehead atoms. The molecule has 17 heavy (non-hydrogen) atoms. The molecule has 6 heteroatoms. The highest BCUT2D eigenvalue weighted by Gasteiger charge is 2.19. The quantitative estimate of drug-likeness (QED) is 0.621. The molecule has 6 nitrogen and oxygen atoms in total. The maximum absolute atomic E-state index is 11.4. The van der Waals surface area contributed by atoms with Crippen LogP contribution in [-0.2, 0) is 11.3 Å². The summed E-state index contributed by atoms with van der Waals surface area (Å²) in [5.74, 6) is 0.122. The van der Waals surface area contributed by atoms with Crippen LogP contribution in [0.15, 0.2) is 12.4 Å². The van der Waals surface area contributed by atoms with Gasteiger partial charge in [0.2, 0.25) is 5.91 Å². The molecular weight excluding hydrogens is 218 g/mol. The van der Waals surface area contributed by atoms with Crippen LogP contribution in [0.2, 0.25) is 0 Å². The van der Waals surface area contributed by atoms with Gasteiger partial charge in [-0.05, 0) is 19.3 Å². The van der Waals surface area contributed by atoms with E-state index in [1.807, 2.05) is 6.20 Å². The van der Waals surface area contributed by atoms with E-state index in [2.05, 4.69) is 20.9 Å². The number of aromatic nitrogens is 3. The van der Waals surface area contributed by atoms with E-state index in [4.69, 9.17) is 0 Å².